The van der Waals surface area contributed by atoms with E-state index >= 15 is 0 Å². The summed E-state index contributed by atoms with van der Waals surface area (Å²) in [6.45, 7) is 3.08. The summed E-state index contributed by atoms with van der Waals surface area (Å²) >= 11 is 0. The standard InChI is InChI=1S/C19H19N7/c1-2-3-12-26-16-10-5-4-9-15(16)17-18(26)22-19(25-23-17)24-21-13-14-8-6-7-11-20-14/h4-11,13H,2-3,12H2,1H3,(H,22,24,25)/b21-13+. The van der Waals surface area contributed by atoms with Gasteiger partial charge in [-0.25, -0.2) is 5.43 Å². The van der Waals surface area contributed by atoms with Crippen molar-refractivity contribution < 1.29 is 0 Å². The van der Waals surface area contributed by atoms with Gasteiger partial charge in [-0.2, -0.15) is 10.1 Å². The van der Waals surface area contributed by atoms with Gasteiger partial charge in [0.2, 0.25) is 0 Å². The first kappa shape index (κ1) is 16.1. The van der Waals surface area contributed by atoms with Crippen LogP contribution in [0.15, 0.2) is 53.8 Å². The molecule has 0 aliphatic heterocycles. The molecule has 3 aromatic heterocycles. The van der Waals surface area contributed by atoms with Crippen LogP contribution in [0.4, 0.5) is 5.95 Å². The molecular formula is C19H19N7. The van der Waals surface area contributed by atoms with Crippen molar-refractivity contribution in [2.45, 2.75) is 26.3 Å². The van der Waals surface area contributed by atoms with Crippen molar-refractivity contribution in [3.63, 3.8) is 0 Å². The first-order chi connectivity index (χ1) is 12.9. The molecule has 0 saturated carbocycles. The van der Waals surface area contributed by atoms with Crippen molar-refractivity contribution in [3.8, 4) is 0 Å². The maximum Gasteiger partial charge on any atom is 0.265 e. The lowest BCUT2D eigenvalue weighted by Crippen LogP contribution is -2.03. The van der Waals surface area contributed by atoms with Crippen LogP contribution in [0.25, 0.3) is 22.1 Å². The summed E-state index contributed by atoms with van der Waals surface area (Å²) in [6, 6.07) is 13.8. The molecule has 7 nitrogen and oxygen atoms in total. The van der Waals surface area contributed by atoms with Gasteiger partial charge in [-0.1, -0.05) is 37.6 Å². The van der Waals surface area contributed by atoms with Gasteiger partial charge in [-0.3, -0.25) is 4.98 Å². The molecule has 0 atom stereocenters. The lowest BCUT2D eigenvalue weighted by atomic mass is 10.2. The van der Waals surface area contributed by atoms with E-state index in [1.165, 1.54) is 0 Å². The fraction of sp³-hybridized carbons (Fsp3) is 0.211. The highest BCUT2D eigenvalue weighted by atomic mass is 15.4. The number of unbranched alkanes of at least 4 members (excludes halogenated alkanes) is 1. The smallest absolute Gasteiger partial charge is 0.265 e. The predicted octanol–water partition coefficient (Wildman–Crippen LogP) is 3.62. The van der Waals surface area contributed by atoms with Gasteiger partial charge in [0.25, 0.3) is 5.95 Å². The number of para-hydroxylation sites is 1. The van der Waals surface area contributed by atoms with Crippen LogP contribution in [0.1, 0.15) is 25.5 Å². The van der Waals surface area contributed by atoms with Gasteiger partial charge in [-0.15, -0.1) is 10.2 Å². The maximum absolute atomic E-state index is 4.64. The molecule has 0 unspecified atom stereocenters. The van der Waals surface area contributed by atoms with Crippen molar-refractivity contribution in [3.05, 3.63) is 54.4 Å². The second kappa shape index (κ2) is 7.26. The Kier molecular flexibility index (Phi) is 4.51. The van der Waals surface area contributed by atoms with Crippen LogP contribution in [0.2, 0.25) is 0 Å². The second-order valence-corrected chi connectivity index (χ2v) is 5.95. The summed E-state index contributed by atoms with van der Waals surface area (Å²) in [5.41, 5.74) is 6.37. The monoisotopic (exact) mass is 345 g/mol. The molecule has 7 heteroatoms. The molecule has 130 valence electrons. The van der Waals surface area contributed by atoms with Gasteiger partial charge >= 0.3 is 0 Å². The number of aromatic nitrogens is 5. The predicted molar refractivity (Wildman–Crippen MR) is 103 cm³/mol. The number of hydrazone groups is 1. The molecule has 0 fully saturated rings. The van der Waals surface area contributed by atoms with E-state index in [0.717, 1.165) is 47.1 Å². The minimum Gasteiger partial charge on any atom is -0.324 e. The summed E-state index contributed by atoms with van der Waals surface area (Å²) in [4.78, 5) is 8.83. The first-order valence-electron chi connectivity index (χ1n) is 8.68. The third-order valence-corrected chi connectivity index (χ3v) is 4.16. The van der Waals surface area contributed by atoms with Crippen molar-refractivity contribution >= 4 is 34.2 Å². The molecule has 0 spiro atoms. The van der Waals surface area contributed by atoms with Crippen LogP contribution in [-0.2, 0) is 6.54 Å². The molecule has 1 N–H and O–H groups in total. The number of fused-ring (bicyclic) bond motifs is 3. The first-order valence-corrected chi connectivity index (χ1v) is 8.68. The number of nitrogens with one attached hydrogen (secondary N) is 1. The van der Waals surface area contributed by atoms with Gasteiger partial charge in [-0.05, 0) is 24.6 Å². The lowest BCUT2D eigenvalue weighted by molar-refractivity contribution is 0.660. The summed E-state index contributed by atoms with van der Waals surface area (Å²) in [5, 5.41) is 13.8. The summed E-state index contributed by atoms with van der Waals surface area (Å²) < 4.78 is 2.20. The van der Waals surface area contributed by atoms with Crippen molar-refractivity contribution in [2.75, 3.05) is 5.43 Å². The average Bonchev–Trinajstić information content (AvgIpc) is 3.00. The molecule has 0 saturated heterocycles. The zero-order valence-electron chi connectivity index (χ0n) is 14.5. The molecule has 0 aliphatic carbocycles. The highest BCUT2D eigenvalue weighted by Crippen LogP contribution is 2.26. The van der Waals surface area contributed by atoms with Crippen molar-refractivity contribution in [1.29, 1.82) is 0 Å². The van der Waals surface area contributed by atoms with Gasteiger partial charge in [0.1, 0.15) is 5.52 Å². The van der Waals surface area contributed by atoms with Gasteiger partial charge in [0.05, 0.1) is 17.4 Å². The fourth-order valence-electron chi connectivity index (χ4n) is 2.90. The molecule has 3 heterocycles. The zero-order chi connectivity index (χ0) is 17.8. The third kappa shape index (κ3) is 3.11. The molecule has 0 bridgehead atoms. The summed E-state index contributed by atoms with van der Waals surface area (Å²) in [5.74, 6) is 0.366. The Morgan fingerprint density at radius 2 is 2.00 bits per heavy atom. The molecule has 4 aromatic rings. The molecule has 0 aliphatic rings. The third-order valence-electron chi connectivity index (χ3n) is 4.16. The van der Waals surface area contributed by atoms with Gasteiger partial charge in [0.15, 0.2) is 5.65 Å². The highest BCUT2D eigenvalue weighted by molar-refractivity contribution is 6.04. The zero-order valence-corrected chi connectivity index (χ0v) is 14.5. The van der Waals surface area contributed by atoms with Gasteiger partial charge < -0.3 is 4.57 Å². The average molecular weight is 345 g/mol. The minimum atomic E-state index is 0.366. The number of rotatable bonds is 6. The number of aryl methyl sites for hydroxylation is 1. The number of nitrogens with zero attached hydrogens (tertiary/aromatic N) is 6. The minimum absolute atomic E-state index is 0.366. The number of benzene rings is 1. The lowest BCUT2D eigenvalue weighted by Gasteiger charge is -2.05. The number of pyridine rings is 1. The second-order valence-electron chi connectivity index (χ2n) is 5.95. The topological polar surface area (TPSA) is 80.9 Å². The Balaban J connectivity index is 1.69. The summed E-state index contributed by atoms with van der Waals surface area (Å²) in [6.07, 6.45) is 5.54. The van der Waals surface area contributed by atoms with Crippen LogP contribution in [0.3, 0.4) is 0 Å². The number of hydrogen-bond donors (Lipinski definition) is 1. The fourth-order valence-corrected chi connectivity index (χ4v) is 2.90. The van der Waals surface area contributed by atoms with Crippen molar-refractivity contribution in [2.24, 2.45) is 5.10 Å². The van der Waals surface area contributed by atoms with Crippen LogP contribution in [0.5, 0.6) is 0 Å². The summed E-state index contributed by atoms with van der Waals surface area (Å²) in [7, 11) is 0. The van der Waals surface area contributed by atoms with E-state index < -0.39 is 0 Å². The van der Waals surface area contributed by atoms with Crippen LogP contribution in [0, 0.1) is 0 Å². The largest absolute Gasteiger partial charge is 0.324 e. The molecule has 4 rings (SSSR count). The van der Waals surface area contributed by atoms with Gasteiger partial charge in [0, 0.05) is 18.1 Å². The van der Waals surface area contributed by atoms with E-state index in [4.69, 9.17) is 0 Å². The van der Waals surface area contributed by atoms with E-state index in [9.17, 15) is 0 Å². The Bertz CT molecular complexity index is 1050. The van der Waals surface area contributed by atoms with Crippen molar-refractivity contribution in [1.82, 2.24) is 24.7 Å². The SMILES string of the molecule is CCCCn1c2ccccc2c2nnc(N/N=C/c3ccccn3)nc21. The number of hydrogen-bond acceptors (Lipinski definition) is 6. The maximum atomic E-state index is 4.64. The van der Waals surface area contributed by atoms with Crippen LogP contribution in [-0.4, -0.2) is 30.9 Å². The molecule has 26 heavy (non-hydrogen) atoms. The quantitative estimate of drug-likeness (QED) is 0.426. The molecule has 0 amide bonds. The Morgan fingerprint density at radius 3 is 2.85 bits per heavy atom. The molecule has 0 radical (unpaired) electrons. The van der Waals surface area contributed by atoms with Crippen LogP contribution < -0.4 is 5.43 Å². The van der Waals surface area contributed by atoms with E-state index in [-0.39, 0.29) is 0 Å². The molecular weight excluding hydrogens is 326 g/mol. The highest BCUT2D eigenvalue weighted by Gasteiger charge is 2.13. The van der Waals surface area contributed by atoms with E-state index in [0.29, 0.717) is 5.95 Å². The Labute approximate surface area is 150 Å². The van der Waals surface area contributed by atoms with E-state index in [1.54, 1.807) is 12.4 Å². The normalized spacial score (nSPS) is 11.6. The Morgan fingerprint density at radius 1 is 1.12 bits per heavy atom. The van der Waals surface area contributed by atoms with E-state index in [1.807, 2.05) is 30.3 Å². The van der Waals surface area contributed by atoms with Crippen LogP contribution >= 0.6 is 0 Å². The molecule has 1 aromatic carbocycles. The van der Waals surface area contributed by atoms with E-state index in [2.05, 4.69) is 54.3 Å². The Hall–Kier alpha value is -3.35. The number of anilines is 1.